The standard InChI is InChI=1S/C27H21N3OS2/c31-25(24(20-11-3-1-4-12-20)21-13-5-2-6-14-21)28-26-29-30-27(33-26)32-18-22-16-9-15-19-10-7-8-17-23(19)22/h1-17,24H,18H2,(H,28,29,31). The number of anilines is 1. The lowest BCUT2D eigenvalue weighted by atomic mass is 9.90. The van der Waals surface area contributed by atoms with Crippen molar-refractivity contribution < 1.29 is 4.79 Å². The summed E-state index contributed by atoms with van der Waals surface area (Å²) in [6, 6.07) is 34.3. The molecule has 4 aromatic carbocycles. The van der Waals surface area contributed by atoms with Crippen molar-refractivity contribution in [3.8, 4) is 0 Å². The van der Waals surface area contributed by atoms with E-state index in [-0.39, 0.29) is 5.91 Å². The van der Waals surface area contributed by atoms with E-state index in [1.54, 1.807) is 11.8 Å². The predicted octanol–water partition coefficient (Wildman–Crippen LogP) is 6.75. The number of amides is 1. The van der Waals surface area contributed by atoms with Gasteiger partial charge in [0.15, 0.2) is 4.34 Å². The van der Waals surface area contributed by atoms with Crippen molar-refractivity contribution in [3.05, 3.63) is 120 Å². The molecule has 0 unspecified atom stereocenters. The molecule has 5 rings (SSSR count). The molecule has 33 heavy (non-hydrogen) atoms. The summed E-state index contributed by atoms with van der Waals surface area (Å²) in [5, 5.41) is 14.5. The van der Waals surface area contributed by atoms with E-state index in [1.807, 2.05) is 60.7 Å². The quantitative estimate of drug-likeness (QED) is 0.212. The van der Waals surface area contributed by atoms with E-state index in [9.17, 15) is 4.79 Å². The van der Waals surface area contributed by atoms with Crippen LogP contribution in [0.5, 0.6) is 0 Å². The van der Waals surface area contributed by atoms with Crippen LogP contribution in [0.4, 0.5) is 5.13 Å². The normalized spacial score (nSPS) is 11.1. The number of thioether (sulfide) groups is 1. The van der Waals surface area contributed by atoms with Gasteiger partial charge in [0.25, 0.3) is 0 Å². The number of benzene rings is 4. The summed E-state index contributed by atoms with van der Waals surface area (Å²) in [5.74, 6) is 0.262. The van der Waals surface area contributed by atoms with Crippen molar-refractivity contribution in [1.82, 2.24) is 10.2 Å². The molecule has 0 aliphatic carbocycles. The predicted molar refractivity (Wildman–Crippen MR) is 137 cm³/mol. The topological polar surface area (TPSA) is 54.9 Å². The van der Waals surface area contributed by atoms with Crippen LogP contribution in [0.3, 0.4) is 0 Å². The third-order valence-corrected chi connectivity index (χ3v) is 7.42. The first-order valence-electron chi connectivity index (χ1n) is 10.6. The van der Waals surface area contributed by atoms with Crippen LogP contribution in [0, 0.1) is 0 Å². The van der Waals surface area contributed by atoms with E-state index in [0.717, 1.165) is 21.2 Å². The van der Waals surface area contributed by atoms with Gasteiger partial charge in [-0.3, -0.25) is 10.1 Å². The van der Waals surface area contributed by atoms with Crippen molar-refractivity contribution in [2.24, 2.45) is 0 Å². The minimum absolute atomic E-state index is 0.117. The summed E-state index contributed by atoms with van der Waals surface area (Å²) < 4.78 is 0.828. The second-order valence-electron chi connectivity index (χ2n) is 7.54. The van der Waals surface area contributed by atoms with Crippen LogP contribution in [-0.2, 0) is 10.5 Å². The van der Waals surface area contributed by atoms with Crippen molar-refractivity contribution in [1.29, 1.82) is 0 Å². The van der Waals surface area contributed by atoms with E-state index >= 15 is 0 Å². The van der Waals surface area contributed by atoms with Gasteiger partial charge in [-0.05, 0) is 27.5 Å². The van der Waals surface area contributed by atoms with Gasteiger partial charge >= 0.3 is 0 Å². The van der Waals surface area contributed by atoms with Crippen LogP contribution < -0.4 is 5.32 Å². The number of fused-ring (bicyclic) bond motifs is 1. The fourth-order valence-corrected chi connectivity index (χ4v) is 5.60. The van der Waals surface area contributed by atoms with Crippen LogP contribution >= 0.6 is 23.1 Å². The molecule has 0 atom stereocenters. The van der Waals surface area contributed by atoms with Crippen LogP contribution in [0.2, 0.25) is 0 Å². The second kappa shape index (κ2) is 9.98. The van der Waals surface area contributed by atoms with Gasteiger partial charge in [-0.1, -0.05) is 126 Å². The third-order valence-electron chi connectivity index (χ3n) is 5.40. The molecule has 162 valence electrons. The molecular weight excluding hydrogens is 446 g/mol. The van der Waals surface area contributed by atoms with Gasteiger partial charge < -0.3 is 0 Å². The Bertz CT molecular complexity index is 1330. The maximum Gasteiger partial charge on any atom is 0.238 e. The molecule has 0 aliphatic heterocycles. The molecule has 1 N–H and O–H groups in total. The Morgan fingerprint density at radius 3 is 2.15 bits per heavy atom. The number of nitrogens with one attached hydrogen (secondary N) is 1. The molecule has 4 nitrogen and oxygen atoms in total. The first-order chi connectivity index (χ1) is 16.3. The molecule has 0 saturated heterocycles. The highest BCUT2D eigenvalue weighted by Crippen LogP contribution is 2.32. The highest BCUT2D eigenvalue weighted by molar-refractivity contribution is 8.00. The molecule has 0 fully saturated rings. The van der Waals surface area contributed by atoms with E-state index in [2.05, 4.69) is 58.0 Å². The summed E-state index contributed by atoms with van der Waals surface area (Å²) in [4.78, 5) is 13.3. The van der Waals surface area contributed by atoms with Crippen molar-refractivity contribution in [2.75, 3.05) is 5.32 Å². The monoisotopic (exact) mass is 467 g/mol. The zero-order valence-corrected chi connectivity index (χ0v) is 19.4. The molecule has 1 heterocycles. The number of carbonyl (C=O) groups excluding carboxylic acids is 1. The molecule has 0 bridgehead atoms. The number of hydrogen-bond donors (Lipinski definition) is 1. The summed E-state index contributed by atoms with van der Waals surface area (Å²) in [6.07, 6.45) is 0. The third kappa shape index (κ3) is 4.97. The number of nitrogens with zero attached hydrogens (tertiary/aromatic N) is 2. The lowest BCUT2D eigenvalue weighted by Gasteiger charge is -2.16. The Balaban J connectivity index is 1.31. The molecule has 5 aromatic rings. The van der Waals surface area contributed by atoms with E-state index in [0.29, 0.717) is 5.13 Å². The highest BCUT2D eigenvalue weighted by Gasteiger charge is 2.23. The van der Waals surface area contributed by atoms with Crippen LogP contribution in [-0.4, -0.2) is 16.1 Å². The van der Waals surface area contributed by atoms with Gasteiger partial charge in [0.05, 0.1) is 5.92 Å². The Morgan fingerprint density at radius 2 is 1.42 bits per heavy atom. The van der Waals surface area contributed by atoms with Gasteiger partial charge in [0.1, 0.15) is 0 Å². The number of carbonyl (C=O) groups is 1. The van der Waals surface area contributed by atoms with Gasteiger partial charge in [-0.15, -0.1) is 10.2 Å². The molecule has 6 heteroatoms. The van der Waals surface area contributed by atoms with Gasteiger partial charge in [-0.2, -0.15) is 0 Å². The second-order valence-corrected chi connectivity index (χ2v) is 9.74. The Labute approximate surface area is 200 Å². The SMILES string of the molecule is O=C(Nc1nnc(SCc2cccc3ccccc23)s1)C(c1ccccc1)c1ccccc1. The fourth-order valence-electron chi connectivity index (χ4n) is 3.84. The lowest BCUT2D eigenvalue weighted by molar-refractivity contribution is -0.116. The van der Waals surface area contributed by atoms with Crippen molar-refractivity contribution in [2.45, 2.75) is 16.0 Å². The fraction of sp³-hybridized carbons (Fsp3) is 0.0741. The van der Waals surface area contributed by atoms with Crippen molar-refractivity contribution in [3.63, 3.8) is 0 Å². The number of aromatic nitrogens is 2. The Hall–Kier alpha value is -3.48. The Morgan fingerprint density at radius 1 is 0.788 bits per heavy atom. The smallest absolute Gasteiger partial charge is 0.238 e. The Kier molecular flexibility index (Phi) is 6.46. The van der Waals surface area contributed by atoms with E-state index < -0.39 is 5.92 Å². The van der Waals surface area contributed by atoms with Crippen LogP contribution in [0.15, 0.2) is 107 Å². The lowest BCUT2D eigenvalue weighted by Crippen LogP contribution is -2.22. The average molecular weight is 468 g/mol. The van der Waals surface area contributed by atoms with E-state index in [1.165, 1.54) is 27.7 Å². The van der Waals surface area contributed by atoms with E-state index in [4.69, 9.17) is 0 Å². The van der Waals surface area contributed by atoms with Gasteiger partial charge in [0, 0.05) is 5.75 Å². The van der Waals surface area contributed by atoms with Crippen LogP contribution in [0.25, 0.3) is 10.8 Å². The van der Waals surface area contributed by atoms with Gasteiger partial charge in [-0.25, -0.2) is 0 Å². The molecule has 0 spiro atoms. The maximum absolute atomic E-state index is 13.3. The minimum atomic E-state index is -0.414. The summed E-state index contributed by atoms with van der Waals surface area (Å²) in [6.45, 7) is 0. The first-order valence-corrected chi connectivity index (χ1v) is 12.4. The first kappa shape index (κ1) is 21.4. The zero-order valence-electron chi connectivity index (χ0n) is 17.7. The maximum atomic E-state index is 13.3. The molecule has 0 saturated carbocycles. The summed E-state index contributed by atoms with van der Waals surface area (Å²) in [7, 11) is 0. The average Bonchev–Trinajstić information content (AvgIpc) is 3.31. The largest absolute Gasteiger partial charge is 0.300 e. The molecule has 1 amide bonds. The van der Waals surface area contributed by atoms with Gasteiger partial charge in [0.2, 0.25) is 11.0 Å². The number of rotatable bonds is 7. The molecular formula is C27H21N3OS2. The highest BCUT2D eigenvalue weighted by atomic mass is 32.2. The zero-order chi connectivity index (χ0) is 22.5. The molecule has 0 radical (unpaired) electrons. The molecule has 0 aliphatic rings. The summed E-state index contributed by atoms with van der Waals surface area (Å²) >= 11 is 3.03. The summed E-state index contributed by atoms with van der Waals surface area (Å²) in [5.41, 5.74) is 3.14. The van der Waals surface area contributed by atoms with Crippen molar-refractivity contribution >= 4 is 44.9 Å². The van der Waals surface area contributed by atoms with Crippen LogP contribution in [0.1, 0.15) is 22.6 Å². The number of hydrogen-bond acceptors (Lipinski definition) is 5. The molecule has 1 aromatic heterocycles. The minimum Gasteiger partial charge on any atom is -0.300 e.